The normalized spacial score (nSPS) is 46.0. The second kappa shape index (κ2) is 3.47. The number of carbonyl (C=O) groups excluding carboxylic acids is 1. The standard InChI is InChI=1S/C14H22O/c1-9-7-11(3)14(4)12(8-9)10(2)5-6-13(14)15/h7,10-12H,5-6,8H2,1-4H3/t10-,11+,12+,14+/m0/s1. The first-order chi connectivity index (χ1) is 6.96. The molecule has 0 aromatic rings. The van der Waals surface area contributed by atoms with E-state index in [0.717, 1.165) is 19.3 Å². The predicted molar refractivity (Wildman–Crippen MR) is 62.5 cm³/mol. The highest BCUT2D eigenvalue weighted by Gasteiger charge is 2.50. The van der Waals surface area contributed by atoms with Gasteiger partial charge in [-0.25, -0.2) is 0 Å². The molecular formula is C14H22O. The number of Topliss-reactive ketones (excluding diaryl/α,β-unsaturated/α-hetero) is 1. The van der Waals surface area contributed by atoms with Crippen LogP contribution in [0.15, 0.2) is 11.6 Å². The van der Waals surface area contributed by atoms with Gasteiger partial charge in [0.25, 0.3) is 0 Å². The van der Waals surface area contributed by atoms with Crippen LogP contribution in [0.5, 0.6) is 0 Å². The van der Waals surface area contributed by atoms with Gasteiger partial charge in [-0.05, 0) is 37.5 Å². The molecule has 0 amide bonds. The van der Waals surface area contributed by atoms with E-state index in [9.17, 15) is 4.79 Å². The molecule has 2 aliphatic rings. The molecule has 0 aromatic carbocycles. The Labute approximate surface area is 92.9 Å². The summed E-state index contributed by atoms with van der Waals surface area (Å²) in [5, 5.41) is 0. The van der Waals surface area contributed by atoms with Gasteiger partial charge < -0.3 is 0 Å². The van der Waals surface area contributed by atoms with Crippen molar-refractivity contribution in [3.8, 4) is 0 Å². The summed E-state index contributed by atoms with van der Waals surface area (Å²) < 4.78 is 0. The highest BCUT2D eigenvalue weighted by atomic mass is 16.1. The third-order valence-electron chi connectivity index (χ3n) is 4.91. The summed E-state index contributed by atoms with van der Waals surface area (Å²) in [7, 11) is 0. The van der Waals surface area contributed by atoms with E-state index in [1.165, 1.54) is 5.57 Å². The van der Waals surface area contributed by atoms with Crippen molar-refractivity contribution in [2.75, 3.05) is 0 Å². The lowest BCUT2D eigenvalue weighted by Gasteiger charge is -2.49. The molecule has 0 spiro atoms. The highest BCUT2D eigenvalue weighted by molar-refractivity contribution is 5.86. The quantitative estimate of drug-likeness (QED) is 0.553. The molecule has 84 valence electrons. The summed E-state index contributed by atoms with van der Waals surface area (Å²) in [4.78, 5) is 12.2. The van der Waals surface area contributed by atoms with Crippen LogP contribution in [0.3, 0.4) is 0 Å². The van der Waals surface area contributed by atoms with E-state index in [4.69, 9.17) is 0 Å². The largest absolute Gasteiger partial charge is 0.299 e. The van der Waals surface area contributed by atoms with Gasteiger partial charge in [-0.3, -0.25) is 4.79 Å². The lowest BCUT2D eigenvalue weighted by atomic mass is 9.53. The minimum atomic E-state index is -0.0722. The van der Waals surface area contributed by atoms with Crippen molar-refractivity contribution in [2.45, 2.75) is 47.0 Å². The van der Waals surface area contributed by atoms with Crippen LogP contribution in [0.1, 0.15) is 47.0 Å². The Bertz CT molecular complexity index is 315. The van der Waals surface area contributed by atoms with Gasteiger partial charge in [0, 0.05) is 11.8 Å². The molecule has 15 heavy (non-hydrogen) atoms. The first kappa shape index (κ1) is 10.9. The van der Waals surface area contributed by atoms with Crippen LogP contribution in [-0.2, 0) is 4.79 Å². The zero-order valence-corrected chi connectivity index (χ0v) is 10.3. The summed E-state index contributed by atoms with van der Waals surface area (Å²) in [6.45, 7) is 8.94. The maximum absolute atomic E-state index is 12.2. The SMILES string of the molecule is CC1=C[C@@H](C)[C@@]2(C)C(=O)CC[C@H](C)[C@H]2C1. The molecule has 0 bridgehead atoms. The van der Waals surface area contributed by atoms with E-state index in [2.05, 4.69) is 33.8 Å². The number of carbonyl (C=O) groups is 1. The van der Waals surface area contributed by atoms with Gasteiger partial charge >= 0.3 is 0 Å². The van der Waals surface area contributed by atoms with E-state index in [1.54, 1.807) is 0 Å². The van der Waals surface area contributed by atoms with Crippen molar-refractivity contribution in [2.24, 2.45) is 23.2 Å². The number of hydrogen-bond acceptors (Lipinski definition) is 1. The molecular weight excluding hydrogens is 184 g/mol. The van der Waals surface area contributed by atoms with E-state index < -0.39 is 0 Å². The lowest BCUT2D eigenvalue weighted by molar-refractivity contribution is -0.140. The molecule has 0 aromatic heterocycles. The fraction of sp³-hybridized carbons (Fsp3) is 0.786. The first-order valence-electron chi connectivity index (χ1n) is 6.17. The molecule has 0 unspecified atom stereocenters. The van der Waals surface area contributed by atoms with Gasteiger partial charge in [0.05, 0.1) is 0 Å². The Balaban J connectivity index is 2.41. The number of rotatable bonds is 0. The molecule has 2 rings (SSSR count). The van der Waals surface area contributed by atoms with Crippen molar-refractivity contribution >= 4 is 5.78 Å². The zero-order valence-electron chi connectivity index (χ0n) is 10.3. The second-order valence-electron chi connectivity index (χ2n) is 5.83. The Morgan fingerprint density at radius 3 is 2.73 bits per heavy atom. The van der Waals surface area contributed by atoms with Gasteiger partial charge in [0.15, 0.2) is 0 Å². The Kier molecular flexibility index (Phi) is 2.52. The Morgan fingerprint density at radius 1 is 1.40 bits per heavy atom. The van der Waals surface area contributed by atoms with Gasteiger partial charge in [0.1, 0.15) is 5.78 Å². The molecule has 1 saturated carbocycles. The molecule has 1 heteroatoms. The van der Waals surface area contributed by atoms with E-state index in [-0.39, 0.29) is 5.41 Å². The van der Waals surface area contributed by atoms with Crippen molar-refractivity contribution in [3.63, 3.8) is 0 Å². The summed E-state index contributed by atoms with van der Waals surface area (Å²) in [5.41, 5.74) is 1.41. The molecule has 0 saturated heterocycles. The molecule has 0 N–H and O–H groups in total. The van der Waals surface area contributed by atoms with Crippen LogP contribution in [-0.4, -0.2) is 5.78 Å². The van der Waals surface area contributed by atoms with Gasteiger partial charge in [-0.15, -0.1) is 0 Å². The van der Waals surface area contributed by atoms with Crippen molar-refractivity contribution in [3.05, 3.63) is 11.6 Å². The Morgan fingerprint density at radius 2 is 2.07 bits per heavy atom. The lowest BCUT2D eigenvalue weighted by Crippen LogP contribution is -2.49. The van der Waals surface area contributed by atoms with Crippen LogP contribution in [0.2, 0.25) is 0 Å². The maximum Gasteiger partial charge on any atom is 0.139 e. The third-order valence-corrected chi connectivity index (χ3v) is 4.91. The smallest absolute Gasteiger partial charge is 0.139 e. The van der Waals surface area contributed by atoms with Crippen LogP contribution in [0.4, 0.5) is 0 Å². The fourth-order valence-electron chi connectivity index (χ4n) is 3.65. The van der Waals surface area contributed by atoms with Crippen LogP contribution < -0.4 is 0 Å². The highest BCUT2D eigenvalue weighted by Crippen LogP contribution is 2.52. The first-order valence-corrected chi connectivity index (χ1v) is 6.17. The number of fused-ring (bicyclic) bond motifs is 1. The average molecular weight is 206 g/mol. The summed E-state index contributed by atoms with van der Waals surface area (Å²) in [6, 6.07) is 0. The minimum absolute atomic E-state index is 0.0722. The third kappa shape index (κ3) is 1.47. The summed E-state index contributed by atoms with van der Waals surface area (Å²) in [5.74, 6) is 2.21. The predicted octanol–water partition coefficient (Wildman–Crippen LogP) is 3.59. The van der Waals surface area contributed by atoms with Crippen LogP contribution in [0.25, 0.3) is 0 Å². The number of ketones is 1. The van der Waals surface area contributed by atoms with Crippen molar-refractivity contribution in [1.29, 1.82) is 0 Å². The monoisotopic (exact) mass is 206 g/mol. The minimum Gasteiger partial charge on any atom is -0.299 e. The van der Waals surface area contributed by atoms with Crippen LogP contribution >= 0.6 is 0 Å². The number of hydrogen-bond donors (Lipinski definition) is 0. The number of allylic oxidation sites excluding steroid dienone is 2. The van der Waals surface area contributed by atoms with Gasteiger partial charge in [0.2, 0.25) is 0 Å². The molecule has 0 heterocycles. The average Bonchev–Trinajstić information content (AvgIpc) is 2.17. The molecule has 1 nitrogen and oxygen atoms in total. The van der Waals surface area contributed by atoms with Gasteiger partial charge in [-0.1, -0.05) is 32.4 Å². The molecule has 1 fully saturated rings. The Hall–Kier alpha value is -0.590. The van der Waals surface area contributed by atoms with Crippen molar-refractivity contribution < 1.29 is 4.79 Å². The summed E-state index contributed by atoms with van der Waals surface area (Å²) >= 11 is 0. The van der Waals surface area contributed by atoms with Crippen LogP contribution in [0, 0.1) is 23.2 Å². The second-order valence-corrected chi connectivity index (χ2v) is 5.83. The molecule has 4 atom stereocenters. The van der Waals surface area contributed by atoms with E-state index in [0.29, 0.717) is 23.5 Å². The fourth-order valence-corrected chi connectivity index (χ4v) is 3.65. The maximum atomic E-state index is 12.2. The van der Waals surface area contributed by atoms with Gasteiger partial charge in [-0.2, -0.15) is 0 Å². The topological polar surface area (TPSA) is 17.1 Å². The zero-order chi connectivity index (χ0) is 11.2. The van der Waals surface area contributed by atoms with Crippen molar-refractivity contribution in [1.82, 2.24) is 0 Å². The summed E-state index contributed by atoms with van der Waals surface area (Å²) in [6.07, 6.45) is 5.34. The van der Waals surface area contributed by atoms with E-state index >= 15 is 0 Å². The molecule has 0 radical (unpaired) electrons. The van der Waals surface area contributed by atoms with E-state index in [1.807, 2.05) is 0 Å². The molecule has 2 aliphatic carbocycles. The molecule has 0 aliphatic heterocycles.